The zero-order valence-electron chi connectivity index (χ0n) is 11.2. The van der Waals surface area contributed by atoms with Gasteiger partial charge in [0.2, 0.25) is 0 Å². The third kappa shape index (κ3) is 3.00. The molecule has 6 nitrogen and oxygen atoms in total. The largest absolute Gasteiger partial charge is 0.472 e. The Morgan fingerprint density at radius 1 is 1.24 bits per heavy atom. The molecule has 2 heterocycles. The van der Waals surface area contributed by atoms with Crippen molar-refractivity contribution >= 4 is 22.7 Å². The molecule has 6 heteroatoms. The van der Waals surface area contributed by atoms with Gasteiger partial charge in [0.15, 0.2) is 0 Å². The van der Waals surface area contributed by atoms with Gasteiger partial charge in [0.25, 0.3) is 0 Å². The smallest absolute Gasteiger partial charge is 0.341 e. The van der Waals surface area contributed by atoms with Crippen LogP contribution in [0.15, 0.2) is 53.6 Å². The molecule has 21 heavy (non-hydrogen) atoms. The summed E-state index contributed by atoms with van der Waals surface area (Å²) in [4.78, 5) is 20.0. The van der Waals surface area contributed by atoms with Crippen LogP contribution in [-0.4, -0.2) is 29.1 Å². The third-order valence-corrected chi connectivity index (χ3v) is 2.93. The van der Waals surface area contributed by atoms with Crippen LogP contribution in [-0.2, 0) is 4.74 Å². The van der Waals surface area contributed by atoms with Crippen LogP contribution in [0.5, 0.6) is 0 Å². The summed E-state index contributed by atoms with van der Waals surface area (Å²) in [5, 5.41) is 4.07. The summed E-state index contributed by atoms with van der Waals surface area (Å²) in [5.41, 5.74) is 1.27. The first-order valence-electron chi connectivity index (χ1n) is 6.47. The highest BCUT2D eigenvalue weighted by Crippen LogP contribution is 2.17. The summed E-state index contributed by atoms with van der Waals surface area (Å²) in [6.45, 7) is 0.701. The van der Waals surface area contributed by atoms with E-state index < -0.39 is 5.97 Å². The maximum atomic E-state index is 11.6. The first kappa shape index (κ1) is 13.1. The number of nitrogens with one attached hydrogen (secondary N) is 1. The minimum absolute atomic E-state index is 0.238. The van der Waals surface area contributed by atoms with E-state index >= 15 is 0 Å². The molecule has 2 aromatic heterocycles. The molecule has 0 atom stereocenters. The molecule has 0 bridgehead atoms. The molecule has 3 rings (SSSR count). The van der Waals surface area contributed by atoms with Gasteiger partial charge in [-0.1, -0.05) is 12.1 Å². The SMILES string of the molecule is O=C(OCCNc1ncnc2ccccc12)c1ccoc1. The number of hydrogen-bond acceptors (Lipinski definition) is 6. The minimum Gasteiger partial charge on any atom is -0.472 e. The normalized spacial score (nSPS) is 10.5. The highest BCUT2D eigenvalue weighted by molar-refractivity contribution is 5.89. The summed E-state index contributed by atoms with van der Waals surface area (Å²) in [7, 11) is 0. The van der Waals surface area contributed by atoms with Gasteiger partial charge in [-0.2, -0.15) is 0 Å². The van der Waals surface area contributed by atoms with E-state index in [2.05, 4.69) is 15.3 Å². The number of para-hydroxylation sites is 1. The Labute approximate surface area is 120 Å². The Morgan fingerprint density at radius 3 is 3.00 bits per heavy atom. The third-order valence-electron chi connectivity index (χ3n) is 2.93. The predicted octanol–water partition coefficient (Wildman–Crippen LogP) is 2.49. The second-order valence-corrected chi connectivity index (χ2v) is 4.31. The molecule has 3 aromatic rings. The van der Waals surface area contributed by atoms with E-state index in [0.717, 1.165) is 16.7 Å². The number of hydrogen-bond donors (Lipinski definition) is 1. The van der Waals surface area contributed by atoms with Crippen molar-refractivity contribution in [3.63, 3.8) is 0 Å². The fraction of sp³-hybridized carbons (Fsp3) is 0.133. The molecule has 0 aliphatic carbocycles. The summed E-state index contributed by atoms with van der Waals surface area (Å²) in [6, 6.07) is 9.27. The van der Waals surface area contributed by atoms with Crippen LogP contribution in [0.4, 0.5) is 5.82 Å². The number of fused-ring (bicyclic) bond motifs is 1. The first-order valence-corrected chi connectivity index (χ1v) is 6.47. The molecule has 106 valence electrons. The van der Waals surface area contributed by atoms with Crippen LogP contribution in [0, 0.1) is 0 Å². The molecule has 0 radical (unpaired) electrons. The van der Waals surface area contributed by atoms with Gasteiger partial charge in [-0.25, -0.2) is 14.8 Å². The van der Waals surface area contributed by atoms with E-state index in [4.69, 9.17) is 9.15 Å². The van der Waals surface area contributed by atoms with Crippen LogP contribution in [0.1, 0.15) is 10.4 Å². The zero-order chi connectivity index (χ0) is 14.5. The molecule has 0 saturated heterocycles. The number of carbonyl (C=O) groups is 1. The second-order valence-electron chi connectivity index (χ2n) is 4.31. The first-order chi connectivity index (χ1) is 10.3. The molecule has 1 aromatic carbocycles. The molecular formula is C15H13N3O3. The van der Waals surface area contributed by atoms with Gasteiger partial charge in [0, 0.05) is 5.39 Å². The number of esters is 1. The maximum absolute atomic E-state index is 11.6. The van der Waals surface area contributed by atoms with Crippen molar-refractivity contribution < 1.29 is 13.9 Å². The summed E-state index contributed by atoms with van der Waals surface area (Å²) >= 11 is 0. The standard InChI is InChI=1S/C15H13N3O3/c19-15(11-5-7-20-9-11)21-8-6-16-14-12-3-1-2-4-13(12)17-10-18-14/h1-5,7,9-10H,6,8H2,(H,16,17,18). The monoisotopic (exact) mass is 283 g/mol. The molecule has 0 aliphatic rings. The van der Waals surface area contributed by atoms with Crippen LogP contribution >= 0.6 is 0 Å². The number of carbonyl (C=O) groups excluding carboxylic acids is 1. The lowest BCUT2D eigenvalue weighted by Crippen LogP contribution is -2.14. The average Bonchev–Trinajstić information content (AvgIpc) is 3.06. The molecule has 0 spiro atoms. The second kappa shape index (κ2) is 6.04. The van der Waals surface area contributed by atoms with Crippen LogP contribution < -0.4 is 5.32 Å². The number of rotatable bonds is 5. The summed E-state index contributed by atoms with van der Waals surface area (Å²) in [5.74, 6) is 0.318. The van der Waals surface area contributed by atoms with Gasteiger partial charge in [-0.15, -0.1) is 0 Å². The lowest BCUT2D eigenvalue weighted by atomic mass is 10.2. The molecule has 1 N–H and O–H groups in total. The van der Waals surface area contributed by atoms with Crippen LogP contribution in [0.25, 0.3) is 10.9 Å². The molecule has 0 aliphatic heterocycles. The number of anilines is 1. The van der Waals surface area contributed by atoms with E-state index in [1.54, 1.807) is 6.07 Å². The Morgan fingerprint density at radius 2 is 2.14 bits per heavy atom. The number of furan rings is 1. The number of nitrogens with zero attached hydrogens (tertiary/aromatic N) is 2. The van der Waals surface area contributed by atoms with Crippen molar-refractivity contribution in [2.75, 3.05) is 18.5 Å². The molecular weight excluding hydrogens is 270 g/mol. The van der Waals surface area contributed by atoms with Crippen molar-refractivity contribution in [1.29, 1.82) is 0 Å². The Balaban J connectivity index is 1.56. The topological polar surface area (TPSA) is 77.2 Å². The highest BCUT2D eigenvalue weighted by atomic mass is 16.5. The fourth-order valence-electron chi connectivity index (χ4n) is 1.92. The minimum atomic E-state index is -0.405. The average molecular weight is 283 g/mol. The summed E-state index contributed by atoms with van der Waals surface area (Å²) in [6.07, 6.45) is 4.29. The van der Waals surface area contributed by atoms with E-state index in [1.165, 1.54) is 18.9 Å². The highest BCUT2D eigenvalue weighted by Gasteiger charge is 2.08. The predicted molar refractivity (Wildman–Crippen MR) is 77.0 cm³/mol. The van der Waals surface area contributed by atoms with E-state index in [-0.39, 0.29) is 6.61 Å². The van der Waals surface area contributed by atoms with E-state index in [9.17, 15) is 4.79 Å². The number of ether oxygens (including phenoxy) is 1. The van der Waals surface area contributed by atoms with Crippen molar-refractivity contribution in [3.05, 3.63) is 54.7 Å². The molecule has 0 saturated carbocycles. The van der Waals surface area contributed by atoms with Crippen molar-refractivity contribution in [1.82, 2.24) is 9.97 Å². The lowest BCUT2D eigenvalue weighted by Gasteiger charge is -2.08. The van der Waals surface area contributed by atoms with Gasteiger partial charge >= 0.3 is 5.97 Å². The van der Waals surface area contributed by atoms with Gasteiger partial charge < -0.3 is 14.5 Å². The maximum Gasteiger partial charge on any atom is 0.341 e. The molecule has 0 fully saturated rings. The zero-order valence-corrected chi connectivity index (χ0v) is 11.2. The molecule has 0 unspecified atom stereocenters. The van der Waals surface area contributed by atoms with Gasteiger partial charge in [-0.3, -0.25) is 0 Å². The number of aromatic nitrogens is 2. The van der Waals surface area contributed by atoms with Gasteiger partial charge in [0.05, 0.1) is 23.9 Å². The van der Waals surface area contributed by atoms with E-state index in [0.29, 0.717) is 12.1 Å². The quantitative estimate of drug-likeness (QED) is 0.572. The Hall–Kier alpha value is -2.89. The van der Waals surface area contributed by atoms with Gasteiger partial charge in [0.1, 0.15) is 25.0 Å². The lowest BCUT2D eigenvalue weighted by molar-refractivity contribution is 0.0520. The number of benzene rings is 1. The van der Waals surface area contributed by atoms with Gasteiger partial charge in [-0.05, 0) is 18.2 Å². The summed E-state index contributed by atoms with van der Waals surface area (Å²) < 4.78 is 9.94. The van der Waals surface area contributed by atoms with Crippen molar-refractivity contribution in [3.8, 4) is 0 Å². The van der Waals surface area contributed by atoms with Crippen LogP contribution in [0.3, 0.4) is 0 Å². The Bertz CT molecular complexity index is 736. The van der Waals surface area contributed by atoms with Crippen molar-refractivity contribution in [2.24, 2.45) is 0 Å². The van der Waals surface area contributed by atoms with Crippen molar-refractivity contribution in [2.45, 2.75) is 0 Å². The van der Waals surface area contributed by atoms with Crippen LogP contribution in [0.2, 0.25) is 0 Å². The fourth-order valence-corrected chi connectivity index (χ4v) is 1.92. The molecule has 0 amide bonds. The van der Waals surface area contributed by atoms with E-state index in [1.807, 2.05) is 24.3 Å². The Kier molecular flexibility index (Phi) is 3.77.